The molecule has 2 amide bonds. The number of nitrogens with one attached hydrogen (secondary N) is 1. The van der Waals surface area contributed by atoms with Crippen molar-refractivity contribution in [3.05, 3.63) is 53.3 Å². The average molecular weight is 454 g/mol. The second kappa shape index (κ2) is 9.32. The van der Waals surface area contributed by atoms with Gasteiger partial charge in [-0.05, 0) is 55.2 Å². The lowest BCUT2D eigenvalue weighted by Crippen LogP contribution is -2.48. The summed E-state index contributed by atoms with van der Waals surface area (Å²) in [7, 11) is -1.51. The van der Waals surface area contributed by atoms with E-state index in [1.165, 1.54) is 16.4 Å². The largest absolute Gasteiger partial charge is 0.325 e. The number of carbonyl (C=O) groups is 1. The first-order valence-electron chi connectivity index (χ1n) is 9.78. The summed E-state index contributed by atoms with van der Waals surface area (Å²) in [5, 5.41) is 3.15. The van der Waals surface area contributed by atoms with E-state index in [9.17, 15) is 17.6 Å². The first kappa shape index (κ1) is 22.5. The zero-order chi connectivity index (χ0) is 21.9. The third-order valence-electron chi connectivity index (χ3n) is 5.42. The third-order valence-corrected chi connectivity index (χ3v) is 7.61. The van der Waals surface area contributed by atoms with E-state index in [-0.39, 0.29) is 23.6 Å². The molecule has 1 aliphatic heterocycles. The van der Waals surface area contributed by atoms with Crippen molar-refractivity contribution in [3.8, 4) is 11.1 Å². The number of benzene rings is 2. The molecule has 0 atom stereocenters. The Morgan fingerprint density at radius 3 is 2.47 bits per heavy atom. The highest BCUT2D eigenvalue weighted by molar-refractivity contribution is 7.89. The van der Waals surface area contributed by atoms with Gasteiger partial charge in [-0.3, -0.25) is 0 Å². The Bertz CT molecular complexity index is 1020. The first-order chi connectivity index (χ1) is 14.2. The molecule has 0 aliphatic carbocycles. The highest BCUT2D eigenvalue weighted by Crippen LogP contribution is 2.29. The summed E-state index contributed by atoms with van der Waals surface area (Å²) in [6.07, 6.45) is 1.16. The van der Waals surface area contributed by atoms with Crippen LogP contribution in [0.3, 0.4) is 0 Å². The van der Waals surface area contributed by atoms with Gasteiger partial charge in [0, 0.05) is 26.2 Å². The van der Waals surface area contributed by atoms with Crippen molar-refractivity contribution < 1.29 is 17.6 Å². The zero-order valence-electron chi connectivity index (χ0n) is 16.9. The number of urea groups is 1. The van der Waals surface area contributed by atoms with Gasteiger partial charge in [-0.1, -0.05) is 29.8 Å². The van der Waals surface area contributed by atoms with Crippen molar-refractivity contribution in [2.45, 2.75) is 25.8 Å². The number of hydrogen-bond acceptors (Lipinski definition) is 3. The number of anilines is 1. The highest BCUT2D eigenvalue weighted by atomic mass is 35.5. The predicted molar refractivity (Wildman–Crippen MR) is 118 cm³/mol. The lowest BCUT2D eigenvalue weighted by molar-refractivity contribution is 0.174. The number of nitrogens with zero attached hydrogens (tertiary/aromatic N) is 2. The molecule has 0 radical (unpaired) electrons. The van der Waals surface area contributed by atoms with E-state index in [0.717, 1.165) is 5.56 Å². The molecule has 2 aromatic rings. The summed E-state index contributed by atoms with van der Waals surface area (Å²) in [5.41, 5.74) is 1.90. The van der Waals surface area contributed by atoms with Gasteiger partial charge < -0.3 is 10.2 Å². The van der Waals surface area contributed by atoms with Gasteiger partial charge in [0.15, 0.2) is 0 Å². The predicted octanol–water partition coefficient (Wildman–Crippen LogP) is 4.42. The van der Waals surface area contributed by atoms with Crippen LogP contribution in [0.15, 0.2) is 42.5 Å². The van der Waals surface area contributed by atoms with Crippen LogP contribution in [0.2, 0.25) is 5.02 Å². The van der Waals surface area contributed by atoms with E-state index in [2.05, 4.69) is 5.32 Å². The van der Waals surface area contributed by atoms with E-state index in [1.54, 1.807) is 49.2 Å². The molecular formula is C21H25ClFN3O3S. The van der Waals surface area contributed by atoms with Gasteiger partial charge >= 0.3 is 6.03 Å². The summed E-state index contributed by atoms with van der Waals surface area (Å²) in [4.78, 5) is 14.3. The number of piperidine rings is 1. The number of carbonyl (C=O) groups excluding carboxylic acids is 1. The molecule has 1 heterocycles. The van der Waals surface area contributed by atoms with Gasteiger partial charge in [0.2, 0.25) is 10.0 Å². The van der Waals surface area contributed by atoms with Crippen LogP contribution in [-0.4, -0.2) is 55.6 Å². The maximum absolute atomic E-state index is 13.4. The quantitative estimate of drug-likeness (QED) is 0.728. The number of rotatable bonds is 5. The van der Waals surface area contributed by atoms with E-state index < -0.39 is 10.0 Å². The van der Waals surface area contributed by atoms with Crippen molar-refractivity contribution in [1.29, 1.82) is 0 Å². The van der Waals surface area contributed by atoms with Crippen LogP contribution >= 0.6 is 11.6 Å². The standard InChI is InChI=1S/C21H25ClFN3O3S/c1-3-30(28,29)26-11-9-18(10-12-26)25(2)21(27)24-20-8-7-16(14-19(20)22)15-5-4-6-17(23)13-15/h4-8,13-14,18H,3,9-12H2,1-2H3,(H,24,27). The van der Waals surface area contributed by atoms with Crippen LogP contribution in [0, 0.1) is 5.82 Å². The molecule has 162 valence electrons. The number of sulfonamides is 1. The van der Waals surface area contributed by atoms with Crippen LogP contribution in [-0.2, 0) is 10.0 Å². The fraction of sp³-hybridized carbons (Fsp3) is 0.381. The van der Waals surface area contributed by atoms with Crippen LogP contribution in [0.4, 0.5) is 14.9 Å². The monoisotopic (exact) mass is 453 g/mol. The molecule has 1 N–H and O–H groups in total. The SMILES string of the molecule is CCS(=O)(=O)N1CCC(N(C)C(=O)Nc2ccc(-c3cccc(F)c3)cc2Cl)CC1. The minimum Gasteiger partial charge on any atom is -0.325 e. The molecule has 1 saturated heterocycles. The highest BCUT2D eigenvalue weighted by Gasteiger charge is 2.30. The molecule has 0 aromatic heterocycles. The average Bonchev–Trinajstić information content (AvgIpc) is 2.74. The van der Waals surface area contributed by atoms with Crippen LogP contribution in [0.1, 0.15) is 19.8 Å². The van der Waals surface area contributed by atoms with Crippen molar-refractivity contribution in [3.63, 3.8) is 0 Å². The van der Waals surface area contributed by atoms with Crippen molar-refractivity contribution >= 4 is 33.3 Å². The van der Waals surface area contributed by atoms with Gasteiger partial charge in [-0.15, -0.1) is 0 Å². The first-order valence-corrected chi connectivity index (χ1v) is 11.8. The van der Waals surface area contributed by atoms with Crippen molar-refractivity contribution in [2.75, 3.05) is 31.2 Å². The van der Waals surface area contributed by atoms with Gasteiger partial charge in [0.1, 0.15) is 5.82 Å². The topological polar surface area (TPSA) is 69.7 Å². The maximum atomic E-state index is 13.4. The van der Waals surface area contributed by atoms with Gasteiger partial charge in [0.25, 0.3) is 0 Å². The molecular weight excluding hydrogens is 429 g/mol. The maximum Gasteiger partial charge on any atom is 0.321 e. The zero-order valence-corrected chi connectivity index (χ0v) is 18.5. The minimum atomic E-state index is -3.20. The molecule has 2 aromatic carbocycles. The Kier molecular flexibility index (Phi) is 7.00. The normalized spacial score (nSPS) is 15.7. The molecule has 1 fully saturated rings. The van der Waals surface area contributed by atoms with Crippen LogP contribution in [0.5, 0.6) is 0 Å². The second-order valence-corrected chi connectivity index (χ2v) is 9.94. The Morgan fingerprint density at radius 2 is 1.87 bits per heavy atom. The molecule has 0 saturated carbocycles. The summed E-state index contributed by atoms with van der Waals surface area (Å²) < 4.78 is 38.9. The lowest BCUT2D eigenvalue weighted by Gasteiger charge is -2.36. The number of halogens is 2. The number of hydrogen-bond donors (Lipinski definition) is 1. The summed E-state index contributed by atoms with van der Waals surface area (Å²) >= 11 is 6.34. The molecule has 0 bridgehead atoms. The Labute approximate surface area is 181 Å². The third kappa shape index (κ3) is 5.11. The van der Waals surface area contributed by atoms with Crippen LogP contribution in [0.25, 0.3) is 11.1 Å². The van der Waals surface area contributed by atoms with Gasteiger partial charge in [-0.25, -0.2) is 21.9 Å². The van der Waals surface area contributed by atoms with E-state index in [0.29, 0.717) is 42.2 Å². The van der Waals surface area contributed by atoms with Gasteiger partial charge in [0.05, 0.1) is 16.5 Å². The molecule has 0 spiro atoms. The van der Waals surface area contributed by atoms with Crippen LogP contribution < -0.4 is 5.32 Å². The Balaban J connectivity index is 1.63. The van der Waals surface area contributed by atoms with E-state index in [4.69, 9.17) is 11.6 Å². The lowest BCUT2D eigenvalue weighted by atomic mass is 10.1. The molecule has 3 rings (SSSR count). The molecule has 6 nitrogen and oxygen atoms in total. The summed E-state index contributed by atoms with van der Waals surface area (Å²) in [6, 6.07) is 11.0. The fourth-order valence-electron chi connectivity index (χ4n) is 3.52. The van der Waals surface area contributed by atoms with E-state index >= 15 is 0 Å². The second-order valence-electron chi connectivity index (χ2n) is 7.28. The van der Waals surface area contributed by atoms with Gasteiger partial charge in [-0.2, -0.15) is 0 Å². The Hall–Kier alpha value is -2.16. The molecule has 0 unspecified atom stereocenters. The molecule has 1 aliphatic rings. The van der Waals surface area contributed by atoms with Crippen molar-refractivity contribution in [1.82, 2.24) is 9.21 Å². The van der Waals surface area contributed by atoms with Crippen molar-refractivity contribution in [2.24, 2.45) is 0 Å². The smallest absolute Gasteiger partial charge is 0.321 e. The van der Waals surface area contributed by atoms with E-state index in [1.807, 2.05) is 0 Å². The minimum absolute atomic E-state index is 0.0568. The fourth-order valence-corrected chi connectivity index (χ4v) is 4.88. The Morgan fingerprint density at radius 1 is 1.20 bits per heavy atom. The molecule has 9 heteroatoms. The number of amides is 2. The summed E-state index contributed by atoms with van der Waals surface area (Å²) in [6.45, 7) is 2.44. The summed E-state index contributed by atoms with van der Waals surface area (Å²) in [5.74, 6) is -0.251. The molecule has 30 heavy (non-hydrogen) atoms.